The van der Waals surface area contributed by atoms with Crippen LogP contribution in [0.1, 0.15) is 6.42 Å². The fourth-order valence-electron chi connectivity index (χ4n) is 0.981. The lowest BCUT2D eigenvalue weighted by Gasteiger charge is -2.12. The molecule has 0 bridgehead atoms. The lowest BCUT2D eigenvalue weighted by atomic mass is 10.4. The molecule has 1 aliphatic rings. The highest BCUT2D eigenvalue weighted by atomic mass is 16.6. The Bertz CT molecular complexity index is 241. The van der Waals surface area contributed by atoms with Gasteiger partial charge >= 0.3 is 6.09 Å². The number of ketones is 1. The van der Waals surface area contributed by atoms with Gasteiger partial charge in [0.2, 0.25) is 0 Å². The first kappa shape index (κ1) is 8.60. The van der Waals surface area contributed by atoms with Crippen molar-refractivity contribution < 1.29 is 14.3 Å². The molecule has 4 heteroatoms. The Morgan fingerprint density at radius 1 is 1.75 bits per heavy atom. The number of carbonyl (C=O) groups is 2. The zero-order valence-corrected chi connectivity index (χ0v) is 6.58. The molecule has 1 saturated heterocycles. The molecule has 12 heavy (non-hydrogen) atoms. The van der Waals surface area contributed by atoms with Crippen molar-refractivity contribution in [2.45, 2.75) is 6.42 Å². The standard InChI is InChI=1S/C8H9NO3/c1-2-5-12-8(11)9-4-3-7(10)6-9/h1H,3-6H2. The summed E-state index contributed by atoms with van der Waals surface area (Å²) in [5.74, 6) is 2.24. The summed E-state index contributed by atoms with van der Waals surface area (Å²) >= 11 is 0. The number of amides is 1. The molecule has 0 aliphatic carbocycles. The van der Waals surface area contributed by atoms with Crippen LogP contribution in [0.2, 0.25) is 0 Å². The second-order valence-corrected chi connectivity index (χ2v) is 2.47. The largest absolute Gasteiger partial charge is 0.436 e. The van der Waals surface area contributed by atoms with E-state index in [1.165, 1.54) is 4.90 Å². The summed E-state index contributed by atoms with van der Waals surface area (Å²) in [4.78, 5) is 23.1. The molecule has 1 amide bonds. The number of nitrogens with zero attached hydrogens (tertiary/aromatic N) is 1. The van der Waals surface area contributed by atoms with Crippen molar-refractivity contribution in [1.82, 2.24) is 4.90 Å². The Balaban J connectivity index is 2.34. The van der Waals surface area contributed by atoms with Crippen LogP contribution in [0.3, 0.4) is 0 Å². The van der Waals surface area contributed by atoms with E-state index in [1.807, 2.05) is 0 Å². The number of likely N-dealkylation sites (tertiary alicyclic amines) is 1. The molecule has 0 aromatic rings. The molecule has 0 atom stereocenters. The van der Waals surface area contributed by atoms with Gasteiger partial charge in [0.15, 0.2) is 12.4 Å². The van der Waals surface area contributed by atoms with E-state index in [0.29, 0.717) is 13.0 Å². The molecule has 1 fully saturated rings. The predicted molar refractivity (Wildman–Crippen MR) is 41.4 cm³/mol. The minimum atomic E-state index is -0.501. The van der Waals surface area contributed by atoms with Crippen LogP contribution in [0.4, 0.5) is 4.79 Å². The van der Waals surface area contributed by atoms with Crippen molar-refractivity contribution in [3.05, 3.63) is 0 Å². The first-order valence-electron chi connectivity index (χ1n) is 3.61. The molecule has 0 aromatic heterocycles. The molecule has 0 unspecified atom stereocenters. The number of terminal acetylenes is 1. The van der Waals surface area contributed by atoms with Gasteiger partial charge in [-0.25, -0.2) is 4.79 Å². The highest BCUT2D eigenvalue weighted by Gasteiger charge is 2.24. The Hall–Kier alpha value is -1.50. The number of hydrogen-bond donors (Lipinski definition) is 0. The van der Waals surface area contributed by atoms with Crippen LogP contribution in [0, 0.1) is 12.3 Å². The second-order valence-electron chi connectivity index (χ2n) is 2.47. The molecular weight excluding hydrogens is 158 g/mol. The molecular formula is C8H9NO3. The summed E-state index contributed by atoms with van der Waals surface area (Å²) in [6.45, 7) is 0.565. The van der Waals surface area contributed by atoms with E-state index in [4.69, 9.17) is 6.42 Å². The molecule has 1 rings (SSSR count). The summed E-state index contributed by atoms with van der Waals surface area (Å²) in [6.07, 6.45) is 4.81. The summed E-state index contributed by atoms with van der Waals surface area (Å²) in [5.41, 5.74) is 0. The number of Topliss-reactive ketones (excluding diaryl/α,β-unsaturated/α-hetero) is 1. The molecule has 0 aromatic carbocycles. The van der Waals surface area contributed by atoms with Crippen molar-refractivity contribution in [2.75, 3.05) is 19.7 Å². The SMILES string of the molecule is C#CCOC(=O)N1CCC(=O)C1. The molecule has 1 aliphatic heterocycles. The number of rotatable bonds is 1. The van der Waals surface area contributed by atoms with Gasteiger partial charge < -0.3 is 9.64 Å². The minimum Gasteiger partial charge on any atom is -0.436 e. The summed E-state index contributed by atoms with van der Waals surface area (Å²) < 4.78 is 4.62. The van der Waals surface area contributed by atoms with Gasteiger partial charge in [-0.15, -0.1) is 6.42 Å². The third-order valence-corrected chi connectivity index (χ3v) is 1.56. The van der Waals surface area contributed by atoms with Crippen molar-refractivity contribution >= 4 is 11.9 Å². The molecule has 0 radical (unpaired) electrons. The monoisotopic (exact) mass is 167 g/mol. The fraction of sp³-hybridized carbons (Fsp3) is 0.500. The predicted octanol–water partition coefficient (Wildman–Crippen LogP) is 0.0310. The van der Waals surface area contributed by atoms with Crippen LogP contribution in [0.15, 0.2) is 0 Å². The van der Waals surface area contributed by atoms with Crippen LogP contribution < -0.4 is 0 Å². The lowest BCUT2D eigenvalue weighted by molar-refractivity contribution is -0.116. The van der Waals surface area contributed by atoms with Gasteiger partial charge in [0, 0.05) is 13.0 Å². The topological polar surface area (TPSA) is 46.6 Å². The maximum atomic E-state index is 11.0. The first-order valence-corrected chi connectivity index (χ1v) is 3.61. The van der Waals surface area contributed by atoms with E-state index in [-0.39, 0.29) is 18.9 Å². The summed E-state index contributed by atoms with van der Waals surface area (Å²) in [6, 6.07) is 0. The van der Waals surface area contributed by atoms with Crippen LogP contribution in [0.25, 0.3) is 0 Å². The van der Waals surface area contributed by atoms with E-state index in [0.717, 1.165) is 0 Å². The van der Waals surface area contributed by atoms with E-state index in [2.05, 4.69) is 10.7 Å². The Kier molecular flexibility index (Phi) is 2.70. The van der Waals surface area contributed by atoms with Gasteiger partial charge in [-0.3, -0.25) is 4.79 Å². The maximum Gasteiger partial charge on any atom is 0.411 e. The highest BCUT2D eigenvalue weighted by Crippen LogP contribution is 2.05. The number of hydrogen-bond acceptors (Lipinski definition) is 3. The third-order valence-electron chi connectivity index (χ3n) is 1.56. The number of ether oxygens (including phenoxy) is 1. The highest BCUT2D eigenvalue weighted by molar-refractivity contribution is 5.87. The minimum absolute atomic E-state index is 0.0382. The maximum absolute atomic E-state index is 11.0. The fourth-order valence-corrected chi connectivity index (χ4v) is 0.981. The molecule has 1 heterocycles. The first-order chi connectivity index (χ1) is 5.74. The molecule has 0 N–H and O–H groups in total. The van der Waals surface area contributed by atoms with E-state index in [1.54, 1.807) is 0 Å². The van der Waals surface area contributed by atoms with E-state index in [9.17, 15) is 9.59 Å². The molecule has 4 nitrogen and oxygen atoms in total. The van der Waals surface area contributed by atoms with Crippen molar-refractivity contribution in [1.29, 1.82) is 0 Å². The van der Waals surface area contributed by atoms with Gasteiger partial charge in [0.1, 0.15) is 0 Å². The second kappa shape index (κ2) is 3.77. The Morgan fingerprint density at radius 3 is 3.00 bits per heavy atom. The zero-order chi connectivity index (χ0) is 8.97. The van der Waals surface area contributed by atoms with Gasteiger partial charge in [0.25, 0.3) is 0 Å². The van der Waals surface area contributed by atoms with Gasteiger partial charge in [0.05, 0.1) is 6.54 Å². The molecule has 64 valence electrons. The quantitative estimate of drug-likeness (QED) is 0.518. The average molecular weight is 167 g/mol. The smallest absolute Gasteiger partial charge is 0.411 e. The third kappa shape index (κ3) is 1.99. The van der Waals surface area contributed by atoms with Gasteiger partial charge in [-0.2, -0.15) is 0 Å². The Morgan fingerprint density at radius 2 is 2.50 bits per heavy atom. The van der Waals surface area contributed by atoms with Gasteiger partial charge in [-0.05, 0) is 0 Å². The molecule has 0 spiro atoms. The Labute approximate surface area is 70.5 Å². The number of carbonyl (C=O) groups excluding carboxylic acids is 2. The zero-order valence-electron chi connectivity index (χ0n) is 6.58. The van der Waals surface area contributed by atoms with E-state index >= 15 is 0 Å². The van der Waals surface area contributed by atoms with Crippen LogP contribution >= 0.6 is 0 Å². The summed E-state index contributed by atoms with van der Waals surface area (Å²) in [5, 5.41) is 0. The van der Waals surface area contributed by atoms with Crippen molar-refractivity contribution in [3.63, 3.8) is 0 Å². The summed E-state index contributed by atoms with van der Waals surface area (Å²) in [7, 11) is 0. The average Bonchev–Trinajstić information content (AvgIpc) is 2.47. The van der Waals surface area contributed by atoms with E-state index < -0.39 is 6.09 Å². The van der Waals surface area contributed by atoms with Crippen LogP contribution in [0.5, 0.6) is 0 Å². The van der Waals surface area contributed by atoms with Gasteiger partial charge in [-0.1, -0.05) is 5.92 Å². The molecule has 0 saturated carbocycles. The normalized spacial score (nSPS) is 15.9. The van der Waals surface area contributed by atoms with Crippen LogP contribution in [-0.4, -0.2) is 36.5 Å². The van der Waals surface area contributed by atoms with Crippen molar-refractivity contribution in [3.8, 4) is 12.3 Å². The van der Waals surface area contributed by atoms with Crippen molar-refractivity contribution in [2.24, 2.45) is 0 Å². The lowest BCUT2D eigenvalue weighted by Crippen LogP contribution is -2.29. The van der Waals surface area contributed by atoms with Crippen LogP contribution in [-0.2, 0) is 9.53 Å².